The number of thioether (sulfide) groups is 1. The van der Waals surface area contributed by atoms with Crippen LogP contribution in [-0.4, -0.2) is 41.4 Å². The second kappa shape index (κ2) is 9.85. The van der Waals surface area contributed by atoms with Gasteiger partial charge in [0.05, 0.1) is 18.3 Å². The van der Waals surface area contributed by atoms with E-state index in [1.54, 1.807) is 28.1 Å². The van der Waals surface area contributed by atoms with Gasteiger partial charge >= 0.3 is 0 Å². The van der Waals surface area contributed by atoms with E-state index < -0.39 is 5.60 Å². The minimum atomic E-state index is -0.556. The van der Waals surface area contributed by atoms with E-state index in [2.05, 4.69) is 44.4 Å². The van der Waals surface area contributed by atoms with Crippen molar-refractivity contribution in [2.24, 2.45) is 0 Å². The fourth-order valence-corrected chi connectivity index (χ4v) is 5.80. The standard InChI is InChI=1S/C23H22Cl2N6OS/c24-18-3-6-21(22(25)9-18)23(12-30-15-26-13-28-30)8-7-20(32-23)11-33-10-17-1-4-19(5-2-17)31-16-27-14-29-31/h1-6,9,13-16,20H,7-8,10-12H2/t20-,23+/m1/s1. The van der Waals surface area contributed by atoms with Gasteiger partial charge in [-0.3, -0.25) is 0 Å². The molecule has 10 heteroatoms. The van der Waals surface area contributed by atoms with Crippen molar-refractivity contribution in [3.63, 3.8) is 0 Å². The first-order valence-corrected chi connectivity index (χ1v) is 12.5. The molecule has 7 nitrogen and oxygen atoms in total. The van der Waals surface area contributed by atoms with Gasteiger partial charge in [-0.05, 0) is 42.7 Å². The summed E-state index contributed by atoms with van der Waals surface area (Å²) in [4.78, 5) is 8.07. The zero-order valence-corrected chi connectivity index (χ0v) is 20.0. The number of benzene rings is 2. The highest BCUT2D eigenvalue weighted by molar-refractivity contribution is 7.98. The highest BCUT2D eigenvalue weighted by Crippen LogP contribution is 2.44. The van der Waals surface area contributed by atoms with E-state index in [0.717, 1.165) is 35.6 Å². The Hall–Kier alpha value is -2.39. The number of ether oxygens (including phenoxy) is 1. The minimum absolute atomic E-state index is 0.125. The number of aromatic nitrogens is 6. The molecule has 0 bridgehead atoms. The molecule has 5 rings (SSSR count). The maximum atomic E-state index is 6.68. The van der Waals surface area contributed by atoms with Crippen molar-refractivity contribution in [1.29, 1.82) is 0 Å². The topological polar surface area (TPSA) is 70.7 Å². The van der Waals surface area contributed by atoms with Crippen molar-refractivity contribution in [3.05, 3.63) is 88.9 Å². The van der Waals surface area contributed by atoms with Crippen molar-refractivity contribution >= 4 is 35.0 Å². The van der Waals surface area contributed by atoms with Crippen LogP contribution in [0.2, 0.25) is 10.0 Å². The molecule has 1 saturated heterocycles. The Bertz CT molecular complexity index is 1190. The van der Waals surface area contributed by atoms with E-state index in [4.69, 9.17) is 27.9 Å². The van der Waals surface area contributed by atoms with Crippen molar-refractivity contribution in [2.45, 2.75) is 36.8 Å². The normalized spacial score (nSPS) is 20.4. The zero-order valence-electron chi connectivity index (χ0n) is 17.7. The van der Waals surface area contributed by atoms with E-state index in [1.165, 1.54) is 18.2 Å². The average Bonchev–Trinajstić information content (AvgIpc) is 3.58. The molecule has 3 heterocycles. The van der Waals surface area contributed by atoms with Gasteiger partial charge in [-0.2, -0.15) is 22.0 Å². The Morgan fingerprint density at radius 3 is 2.58 bits per heavy atom. The van der Waals surface area contributed by atoms with Crippen LogP contribution >= 0.6 is 35.0 Å². The van der Waals surface area contributed by atoms with Crippen molar-refractivity contribution in [1.82, 2.24) is 29.5 Å². The molecule has 0 radical (unpaired) electrons. The van der Waals surface area contributed by atoms with E-state index in [0.29, 0.717) is 16.6 Å². The molecule has 0 saturated carbocycles. The van der Waals surface area contributed by atoms with Gasteiger partial charge < -0.3 is 4.74 Å². The smallest absolute Gasteiger partial charge is 0.138 e. The molecule has 0 unspecified atom stereocenters. The minimum Gasteiger partial charge on any atom is -0.364 e. The monoisotopic (exact) mass is 500 g/mol. The third-order valence-corrected chi connectivity index (χ3v) is 7.45. The lowest BCUT2D eigenvalue weighted by Crippen LogP contribution is -2.33. The van der Waals surface area contributed by atoms with E-state index >= 15 is 0 Å². The summed E-state index contributed by atoms with van der Waals surface area (Å²) < 4.78 is 10.2. The quantitative estimate of drug-likeness (QED) is 0.332. The molecule has 170 valence electrons. The molecule has 0 N–H and O–H groups in total. The lowest BCUT2D eigenvalue weighted by atomic mass is 9.90. The Balaban J connectivity index is 1.24. The van der Waals surface area contributed by atoms with Crippen LogP contribution in [0.25, 0.3) is 5.69 Å². The van der Waals surface area contributed by atoms with E-state index in [9.17, 15) is 0 Å². The third kappa shape index (κ3) is 5.09. The van der Waals surface area contributed by atoms with Gasteiger partial charge in [0.1, 0.15) is 30.9 Å². The molecular formula is C23H22Cl2N6OS. The summed E-state index contributed by atoms with van der Waals surface area (Å²) in [5.74, 6) is 1.81. The van der Waals surface area contributed by atoms with Crippen molar-refractivity contribution in [3.8, 4) is 5.69 Å². The second-order valence-corrected chi connectivity index (χ2v) is 9.89. The largest absolute Gasteiger partial charge is 0.364 e. The van der Waals surface area contributed by atoms with Crippen LogP contribution in [0.1, 0.15) is 24.0 Å². The Morgan fingerprint density at radius 2 is 1.85 bits per heavy atom. The lowest BCUT2D eigenvalue weighted by Gasteiger charge is -2.31. The summed E-state index contributed by atoms with van der Waals surface area (Å²) in [6, 6.07) is 14.0. The first kappa shape index (κ1) is 22.4. The van der Waals surface area contributed by atoms with Crippen LogP contribution < -0.4 is 0 Å². The van der Waals surface area contributed by atoms with E-state index in [1.807, 2.05) is 23.9 Å². The molecular weight excluding hydrogens is 479 g/mol. The number of nitrogens with zero attached hydrogens (tertiary/aromatic N) is 6. The molecule has 1 aliphatic rings. The maximum Gasteiger partial charge on any atom is 0.138 e. The molecule has 2 aromatic heterocycles. The SMILES string of the molecule is Clc1ccc([C@@]2(Cn3cncn3)CC[C@H](CSCc3ccc(-n4cncn4)cc3)O2)c(Cl)c1. The Morgan fingerprint density at radius 1 is 1.03 bits per heavy atom. The number of halogens is 2. The molecule has 2 atom stereocenters. The van der Waals surface area contributed by atoms with Crippen LogP contribution in [0.15, 0.2) is 67.8 Å². The van der Waals surface area contributed by atoms with Crippen LogP contribution in [0.3, 0.4) is 0 Å². The Labute approximate surface area is 206 Å². The number of hydrogen-bond acceptors (Lipinski definition) is 6. The van der Waals surface area contributed by atoms with Gasteiger partial charge in [-0.15, -0.1) is 0 Å². The summed E-state index contributed by atoms with van der Waals surface area (Å²) >= 11 is 14.6. The van der Waals surface area contributed by atoms with Gasteiger partial charge in [0, 0.05) is 27.1 Å². The molecule has 0 aliphatic carbocycles. The van der Waals surface area contributed by atoms with Crippen LogP contribution in [-0.2, 0) is 22.6 Å². The number of hydrogen-bond donors (Lipinski definition) is 0. The van der Waals surface area contributed by atoms with Gasteiger partial charge in [-0.1, -0.05) is 41.4 Å². The van der Waals surface area contributed by atoms with Gasteiger partial charge in [0.15, 0.2) is 0 Å². The van der Waals surface area contributed by atoms with Gasteiger partial charge in [0.2, 0.25) is 0 Å². The van der Waals surface area contributed by atoms with Gasteiger partial charge in [0.25, 0.3) is 0 Å². The summed E-state index contributed by atoms with van der Waals surface area (Å²) in [5.41, 5.74) is 2.65. The molecule has 4 aromatic rings. The summed E-state index contributed by atoms with van der Waals surface area (Å²) in [7, 11) is 0. The second-order valence-electron chi connectivity index (χ2n) is 8.01. The first-order chi connectivity index (χ1) is 16.1. The molecule has 1 aliphatic heterocycles. The zero-order chi connectivity index (χ0) is 22.7. The predicted molar refractivity (Wildman–Crippen MR) is 130 cm³/mol. The average molecular weight is 501 g/mol. The van der Waals surface area contributed by atoms with Crippen molar-refractivity contribution < 1.29 is 4.74 Å². The fourth-order valence-electron chi connectivity index (χ4n) is 4.18. The highest BCUT2D eigenvalue weighted by Gasteiger charge is 2.43. The summed E-state index contributed by atoms with van der Waals surface area (Å²) in [5, 5.41) is 9.68. The highest BCUT2D eigenvalue weighted by atomic mass is 35.5. The Kier molecular flexibility index (Phi) is 6.69. The third-order valence-electron chi connectivity index (χ3n) is 5.76. The lowest BCUT2D eigenvalue weighted by molar-refractivity contribution is -0.0507. The van der Waals surface area contributed by atoms with Crippen LogP contribution in [0, 0.1) is 0 Å². The predicted octanol–water partition coefficient (Wildman–Crippen LogP) is 5.17. The maximum absolute atomic E-state index is 6.68. The van der Waals surface area contributed by atoms with Crippen LogP contribution in [0.4, 0.5) is 0 Å². The van der Waals surface area contributed by atoms with Crippen molar-refractivity contribution in [2.75, 3.05) is 5.75 Å². The molecule has 2 aromatic carbocycles. The first-order valence-electron chi connectivity index (χ1n) is 10.6. The molecule has 1 fully saturated rings. The van der Waals surface area contributed by atoms with E-state index in [-0.39, 0.29) is 6.10 Å². The van der Waals surface area contributed by atoms with Crippen LogP contribution in [0.5, 0.6) is 0 Å². The fraction of sp³-hybridized carbons (Fsp3) is 0.304. The molecule has 33 heavy (non-hydrogen) atoms. The molecule has 0 spiro atoms. The molecule has 0 amide bonds. The van der Waals surface area contributed by atoms with Gasteiger partial charge in [-0.25, -0.2) is 19.3 Å². The summed E-state index contributed by atoms with van der Waals surface area (Å²) in [6.45, 7) is 0.555. The number of rotatable bonds is 8. The summed E-state index contributed by atoms with van der Waals surface area (Å²) in [6.07, 6.45) is 8.40.